The van der Waals surface area contributed by atoms with Gasteiger partial charge in [0.2, 0.25) is 5.78 Å². The standard InChI is InChI=1S/C24H16N6O/c31-23(24-25-7-8-26-24)21-12-20-11-18-4-3-16(28-18)9-14-1-2-15(27-14)10-17-5-6-19(29-17)13-22(21)30-20/h1-13,27,30H,(H,25,26). The molecule has 31 heavy (non-hydrogen) atoms. The van der Waals surface area contributed by atoms with E-state index < -0.39 is 0 Å². The SMILES string of the molecule is O=C(c1ncc[nH]1)c1cc2cc3nc(cc4ccc(cc5nc(cc1[nH]2)C=C5)[nH]4)C=C3. The van der Waals surface area contributed by atoms with Gasteiger partial charge in [0.15, 0.2) is 5.82 Å². The molecule has 4 aromatic heterocycles. The van der Waals surface area contributed by atoms with Gasteiger partial charge in [0.05, 0.1) is 33.9 Å². The van der Waals surface area contributed by atoms with Gasteiger partial charge in [-0.15, -0.1) is 0 Å². The first-order chi connectivity index (χ1) is 15.2. The zero-order chi connectivity index (χ0) is 20.8. The second kappa shape index (κ2) is 6.77. The van der Waals surface area contributed by atoms with Gasteiger partial charge in [-0.2, -0.15) is 0 Å². The minimum atomic E-state index is -0.188. The molecule has 6 rings (SSSR count). The number of imidazole rings is 1. The maximum atomic E-state index is 13.0. The summed E-state index contributed by atoms with van der Waals surface area (Å²) in [6.45, 7) is 0. The first-order valence-electron chi connectivity index (χ1n) is 9.82. The minimum absolute atomic E-state index is 0.188. The predicted octanol–water partition coefficient (Wildman–Crippen LogP) is 4.61. The van der Waals surface area contributed by atoms with Crippen LogP contribution in [0.15, 0.2) is 54.9 Å². The molecule has 2 aliphatic heterocycles. The average Bonchev–Trinajstić information content (AvgIpc) is 3.55. The largest absolute Gasteiger partial charge is 0.355 e. The quantitative estimate of drug-likeness (QED) is 0.367. The van der Waals surface area contributed by atoms with Gasteiger partial charge in [0.25, 0.3) is 0 Å². The molecule has 0 saturated heterocycles. The Balaban J connectivity index is 1.65. The van der Waals surface area contributed by atoms with Gasteiger partial charge >= 0.3 is 0 Å². The highest BCUT2D eigenvalue weighted by molar-refractivity contribution is 6.12. The van der Waals surface area contributed by atoms with E-state index in [0.29, 0.717) is 16.9 Å². The molecule has 0 aromatic carbocycles. The van der Waals surface area contributed by atoms with E-state index in [2.05, 4.69) is 29.9 Å². The minimum Gasteiger partial charge on any atom is -0.355 e. The number of hydrogen-bond donors (Lipinski definition) is 3. The lowest BCUT2D eigenvalue weighted by molar-refractivity contribution is 0.103. The van der Waals surface area contributed by atoms with E-state index in [1.54, 1.807) is 12.4 Å². The van der Waals surface area contributed by atoms with Crippen LogP contribution < -0.4 is 0 Å². The summed E-state index contributed by atoms with van der Waals surface area (Å²) in [6, 6.07) is 13.6. The van der Waals surface area contributed by atoms with Gasteiger partial charge in [-0.3, -0.25) is 4.79 Å². The van der Waals surface area contributed by atoms with Gasteiger partial charge in [-0.25, -0.2) is 15.0 Å². The van der Waals surface area contributed by atoms with Crippen molar-refractivity contribution in [2.75, 3.05) is 0 Å². The number of nitrogens with one attached hydrogen (secondary N) is 3. The zero-order valence-corrected chi connectivity index (χ0v) is 16.3. The number of rotatable bonds is 2. The van der Waals surface area contributed by atoms with Crippen molar-refractivity contribution in [2.45, 2.75) is 0 Å². The Bertz CT molecular complexity index is 1550. The van der Waals surface area contributed by atoms with Crippen molar-refractivity contribution in [2.24, 2.45) is 0 Å². The Morgan fingerprint density at radius 1 is 0.710 bits per heavy atom. The van der Waals surface area contributed by atoms with E-state index in [9.17, 15) is 4.79 Å². The van der Waals surface area contributed by atoms with E-state index in [-0.39, 0.29) is 5.78 Å². The summed E-state index contributed by atoms with van der Waals surface area (Å²) in [5.41, 5.74) is 7.13. The fraction of sp³-hybridized carbons (Fsp3) is 0. The number of carbonyl (C=O) groups excluding carboxylic acids is 1. The molecular formula is C24H16N6O. The third kappa shape index (κ3) is 3.28. The Labute approximate surface area is 176 Å². The summed E-state index contributed by atoms with van der Waals surface area (Å²) in [7, 11) is 0. The van der Waals surface area contributed by atoms with Crippen LogP contribution in [0.3, 0.4) is 0 Å². The van der Waals surface area contributed by atoms with Gasteiger partial charge < -0.3 is 15.0 Å². The third-order valence-electron chi connectivity index (χ3n) is 5.13. The van der Waals surface area contributed by atoms with Crippen LogP contribution in [-0.4, -0.2) is 35.7 Å². The average molecular weight is 404 g/mol. The summed E-state index contributed by atoms with van der Waals surface area (Å²) in [5, 5.41) is 0. The Kier molecular flexibility index (Phi) is 3.79. The monoisotopic (exact) mass is 404 g/mol. The van der Waals surface area contributed by atoms with Crippen LogP contribution in [0.25, 0.3) is 46.4 Å². The molecule has 0 saturated carbocycles. The molecule has 7 heteroatoms. The highest BCUT2D eigenvalue weighted by Crippen LogP contribution is 2.21. The summed E-state index contributed by atoms with van der Waals surface area (Å²) in [6.07, 6.45) is 11.0. The molecule has 3 N–H and O–H groups in total. The van der Waals surface area contributed by atoms with Crippen molar-refractivity contribution in [1.82, 2.24) is 29.9 Å². The van der Waals surface area contributed by atoms with E-state index >= 15 is 0 Å². The lowest BCUT2D eigenvalue weighted by Crippen LogP contribution is -2.02. The van der Waals surface area contributed by atoms with Crippen LogP contribution >= 0.6 is 0 Å². The molecule has 2 aliphatic rings. The number of hydrogen-bond acceptors (Lipinski definition) is 4. The number of ketones is 1. The highest BCUT2D eigenvalue weighted by Gasteiger charge is 2.16. The Hall–Kier alpha value is -4.52. The molecule has 6 heterocycles. The topological polar surface area (TPSA) is 103 Å². The molecule has 7 nitrogen and oxygen atoms in total. The Morgan fingerprint density at radius 3 is 1.94 bits per heavy atom. The molecule has 0 aliphatic carbocycles. The molecule has 0 fully saturated rings. The third-order valence-corrected chi connectivity index (χ3v) is 5.13. The summed E-state index contributed by atoms with van der Waals surface area (Å²) < 4.78 is 0. The number of aromatic nitrogens is 6. The van der Waals surface area contributed by atoms with Crippen LogP contribution in [0.4, 0.5) is 0 Å². The van der Waals surface area contributed by atoms with Crippen LogP contribution in [0.1, 0.15) is 39.0 Å². The van der Waals surface area contributed by atoms with Gasteiger partial charge in [0.1, 0.15) is 0 Å². The maximum Gasteiger partial charge on any atom is 0.230 e. The molecular weight excluding hydrogens is 388 g/mol. The fourth-order valence-corrected chi connectivity index (χ4v) is 3.72. The van der Waals surface area contributed by atoms with Crippen LogP contribution in [0, 0.1) is 0 Å². The van der Waals surface area contributed by atoms with Crippen molar-refractivity contribution in [3.63, 3.8) is 0 Å². The molecule has 0 spiro atoms. The second-order valence-corrected chi connectivity index (χ2v) is 7.36. The van der Waals surface area contributed by atoms with Crippen molar-refractivity contribution in [1.29, 1.82) is 0 Å². The van der Waals surface area contributed by atoms with Gasteiger partial charge in [-0.1, -0.05) is 0 Å². The number of aromatic amines is 3. The molecule has 0 amide bonds. The van der Waals surface area contributed by atoms with Crippen molar-refractivity contribution >= 4 is 52.2 Å². The van der Waals surface area contributed by atoms with E-state index in [1.165, 1.54) is 0 Å². The number of carbonyl (C=O) groups is 1. The van der Waals surface area contributed by atoms with E-state index in [0.717, 1.165) is 39.3 Å². The predicted molar refractivity (Wildman–Crippen MR) is 121 cm³/mol. The summed E-state index contributed by atoms with van der Waals surface area (Å²) in [5.74, 6) is 0.104. The lowest BCUT2D eigenvalue weighted by Gasteiger charge is -1.94. The Morgan fingerprint density at radius 2 is 1.32 bits per heavy atom. The molecule has 0 unspecified atom stereocenters. The molecule has 0 radical (unpaired) electrons. The maximum absolute atomic E-state index is 13.0. The number of nitrogens with zero attached hydrogens (tertiary/aromatic N) is 3. The normalized spacial score (nSPS) is 12.4. The van der Waals surface area contributed by atoms with Crippen LogP contribution in [-0.2, 0) is 0 Å². The zero-order valence-electron chi connectivity index (χ0n) is 16.3. The van der Waals surface area contributed by atoms with Crippen LogP contribution in [0.2, 0.25) is 0 Å². The molecule has 8 bridgehead atoms. The first kappa shape index (κ1) is 17.3. The highest BCUT2D eigenvalue weighted by atomic mass is 16.1. The summed E-state index contributed by atoms with van der Waals surface area (Å²) >= 11 is 0. The van der Waals surface area contributed by atoms with Crippen molar-refractivity contribution in [3.05, 3.63) is 89.0 Å². The second-order valence-electron chi connectivity index (χ2n) is 7.36. The molecule has 0 atom stereocenters. The van der Waals surface area contributed by atoms with Crippen LogP contribution in [0.5, 0.6) is 0 Å². The first-order valence-corrected chi connectivity index (χ1v) is 9.82. The smallest absolute Gasteiger partial charge is 0.230 e. The molecule has 148 valence electrons. The fourth-order valence-electron chi connectivity index (χ4n) is 3.72. The van der Waals surface area contributed by atoms with Crippen molar-refractivity contribution < 1.29 is 4.79 Å². The number of H-pyrrole nitrogens is 3. The van der Waals surface area contributed by atoms with Crippen molar-refractivity contribution in [3.8, 4) is 0 Å². The van der Waals surface area contributed by atoms with E-state index in [1.807, 2.05) is 66.8 Å². The molecule has 4 aromatic rings. The lowest BCUT2D eigenvalue weighted by atomic mass is 10.1. The number of fused-ring (bicyclic) bond motifs is 8. The summed E-state index contributed by atoms with van der Waals surface area (Å²) in [4.78, 5) is 36.0. The van der Waals surface area contributed by atoms with Gasteiger partial charge in [-0.05, 0) is 66.8 Å². The van der Waals surface area contributed by atoms with E-state index in [4.69, 9.17) is 0 Å². The van der Waals surface area contributed by atoms with Gasteiger partial charge in [0, 0.05) is 28.9 Å².